The van der Waals surface area contributed by atoms with E-state index in [0.29, 0.717) is 18.7 Å². The highest BCUT2D eigenvalue weighted by Crippen LogP contribution is 2.22. The molecule has 0 bridgehead atoms. The Balaban J connectivity index is 0.00000140. The van der Waals surface area contributed by atoms with Crippen molar-refractivity contribution in [2.24, 2.45) is 5.92 Å². The van der Waals surface area contributed by atoms with Gasteiger partial charge in [-0.05, 0) is 37.3 Å². The summed E-state index contributed by atoms with van der Waals surface area (Å²) >= 11 is 0. The van der Waals surface area contributed by atoms with E-state index in [-0.39, 0.29) is 36.6 Å². The molecule has 0 spiro atoms. The number of halogens is 2. The van der Waals surface area contributed by atoms with Crippen LogP contribution >= 0.6 is 24.8 Å². The highest BCUT2D eigenvalue weighted by Gasteiger charge is 2.25. The van der Waals surface area contributed by atoms with Crippen LogP contribution in [0.5, 0.6) is 0 Å². The largest absolute Gasteiger partial charge is 0.391 e. The summed E-state index contributed by atoms with van der Waals surface area (Å²) in [4.78, 5) is 17.1. The molecule has 2 atom stereocenters. The number of aliphatic hydroxyl groups is 1. The van der Waals surface area contributed by atoms with Crippen molar-refractivity contribution in [1.82, 2.24) is 20.2 Å². The van der Waals surface area contributed by atoms with Crippen molar-refractivity contribution in [3.63, 3.8) is 0 Å². The minimum Gasteiger partial charge on any atom is -0.391 e. The van der Waals surface area contributed by atoms with E-state index in [0.717, 1.165) is 29.1 Å². The summed E-state index contributed by atoms with van der Waals surface area (Å²) < 4.78 is 2.08. The van der Waals surface area contributed by atoms with Crippen LogP contribution in [-0.2, 0) is 0 Å². The molecule has 4 rings (SSSR count). The summed E-state index contributed by atoms with van der Waals surface area (Å²) in [6.45, 7) is 3.73. The van der Waals surface area contributed by atoms with Crippen LogP contribution in [0, 0.1) is 12.8 Å². The molecule has 1 fully saturated rings. The van der Waals surface area contributed by atoms with Crippen LogP contribution in [0.2, 0.25) is 0 Å². The molecule has 28 heavy (non-hydrogen) atoms. The first-order valence-corrected chi connectivity index (χ1v) is 8.85. The zero-order valence-corrected chi connectivity index (χ0v) is 17.1. The number of carbonyl (C=O) groups is 1. The molecule has 0 saturated carbocycles. The number of fused-ring (bicyclic) bond motifs is 1. The van der Waals surface area contributed by atoms with E-state index in [2.05, 4.69) is 20.2 Å². The summed E-state index contributed by atoms with van der Waals surface area (Å²) in [6.07, 6.45) is -0.401. The fourth-order valence-electron chi connectivity index (χ4n) is 3.50. The lowest BCUT2D eigenvalue weighted by atomic mass is 10.1. The second-order valence-corrected chi connectivity index (χ2v) is 6.73. The SMILES string of the molecule is Cc1nc2cc(C(=O)NCC3CNCC3O)ccc2n1-c1ccccc1.Cl.Cl. The van der Waals surface area contributed by atoms with E-state index < -0.39 is 6.10 Å². The molecule has 8 heteroatoms. The average molecular weight is 423 g/mol. The monoisotopic (exact) mass is 422 g/mol. The van der Waals surface area contributed by atoms with Gasteiger partial charge >= 0.3 is 0 Å². The van der Waals surface area contributed by atoms with Gasteiger partial charge in [-0.1, -0.05) is 18.2 Å². The Morgan fingerprint density at radius 1 is 1.21 bits per heavy atom. The van der Waals surface area contributed by atoms with Crippen molar-refractivity contribution >= 4 is 41.8 Å². The van der Waals surface area contributed by atoms with Gasteiger partial charge in [0, 0.05) is 36.8 Å². The molecule has 1 aliphatic rings. The third-order valence-corrected chi connectivity index (χ3v) is 4.93. The lowest BCUT2D eigenvalue weighted by molar-refractivity contribution is 0.0927. The van der Waals surface area contributed by atoms with Gasteiger partial charge < -0.3 is 15.7 Å². The molecule has 2 unspecified atom stereocenters. The number of aliphatic hydroxyl groups excluding tert-OH is 1. The predicted molar refractivity (Wildman–Crippen MR) is 115 cm³/mol. The van der Waals surface area contributed by atoms with E-state index in [9.17, 15) is 9.90 Å². The molecular weight excluding hydrogens is 399 g/mol. The molecule has 1 aromatic heterocycles. The van der Waals surface area contributed by atoms with Crippen LogP contribution < -0.4 is 10.6 Å². The Morgan fingerprint density at radius 2 is 1.96 bits per heavy atom. The first-order chi connectivity index (χ1) is 12.6. The number of carbonyl (C=O) groups excluding carboxylic acids is 1. The highest BCUT2D eigenvalue weighted by atomic mass is 35.5. The fourth-order valence-corrected chi connectivity index (χ4v) is 3.50. The number of β-amino-alcohol motifs (C(OH)–C–C–N with tert-alkyl or cyclic N) is 1. The van der Waals surface area contributed by atoms with E-state index in [1.807, 2.05) is 55.5 Å². The minimum absolute atomic E-state index is 0. The summed E-state index contributed by atoms with van der Waals surface area (Å²) in [7, 11) is 0. The molecule has 3 N–H and O–H groups in total. The van der Waals surface area contributed by atoms with Gasteiger partial charge in [0.25, 0.3) is 5.91 Å². The fraction of sp³-hybridized carbons (Fsp3) is 0.300. The second kappa shape index (κ2) is 9.39. The average Bonchev–Trinajstić information content (AvgIpc) is 3.21. The van der Waals surface area contributed by atoms with Gasteiger partial charge in [0.2, 0.25) is 0 Å². The van der Waals surface area contributed by atoms with Crippen molar-refractivity contribution < 1.29 is 9.90 Å². The number of imidazole rings is 1. The summed E-state index contributed by atoms with van der Waals surface area (Å²) in [6, 6.07) is 15.6. The Morgan fingerprint density at radius 3 is 2.64 bits per heavy atom. The maximum absolute atomic E-state index is 12.5. The molecule has 1 amide bonds. The number of para-hydroxylation sites is 1. The van der Waals surface area contributed by atoms with Crippen LogP contribution in [0.25, 0.3) is 16.7 Å². The Kier molecular flexibility index (Phi) is 7.43. The lowest BCUT2D eigenvalue weighted by Gasteiger charge is -2.14. The Hall–Kier alpha value is -2.12. The van der Waals surface area contributed by atoms with E-state index in [1.165, 1.54) is 0 Å². The van der Waals surface area contributed by atoms with Crippen molar-refractivity contribution in [3.05, 3.63) is 59.9 Å². The van der Waals surface area contributed by atoms with E-state index in [4.69, 9.17) is 0 Å². The molecule has 150 valence electrons. The first-order valence-electron chi connectivity index (χ1n) is 8.85. The van der Waals surface area contributed by atoms with Gasteiger partial charge in [-0.15, -0.1) is 24.8 Å². The molecular formula is C20H24Cl2N4O2. The zero-order chi connectivity index (χ0) is 18.1. The van der Waals surface area contributed by atoms with Crippen LogP contribution in [0.3, 0.4) is 0 Å². The maximum atomic E-state index is 12.5. The smallest absolute Gasteiger partial charge is 0.251 e. The third-order valence-electron chi connectivity index (χ3n) is 4.93. The predicted octanol–water partition coefficient (Wildman–Crippen LogP) is 2.49. The number of aryl methyl sites for hydroxylation is 1. The highest BCUT2D eigenvalue weighted by molar-refractivity contribution is 5.97. The standard InChI is InChI=1S/C20H22N4O2.2ClH/c1-13-23-17-9-14(20(26)22-11-15-10-21-12-19(15)25)7-8-18(17)24(13)16-5-3-2-4-6-16;;/h2-9,15,19,21,25H,10-12H2,1H3,(H,22,26);2*1H. The van der Waals surface area contributed by atoms with Gasteiger partial charge in [0.05, 0.1) is 17.1 Å². The third kappa shape index (κ3) is 4.31. The molecule has 1 saturated heterocycles. The van der Waals surface area contributed by atoms with E-state index in [1.54, 1.807) is 0 Å². The number of nitrogens with zero attached hydrogens (tertiary/aromatic N) is 2. The van der Waals surface area contributed by atoms with Crippen LogP contribution in [-0.4, -0.2) is 46.3 Å². The molecule has 3 aromatic rings. The molecule has 0 aliphatic carbocycles. The molecule has 0 radical (unpaired) electrons. The maximum Gasteiger partial charge on any atom is 0.251 e. The number of hydrogen-bond donors (Lipinski definition) is 3. The van der Waals surface area contributed by atoms with Crippen molar-refractivity contribution in [1.29, 1.82) is 0 Å². The summed E-state index contributed by atoms with van der Waals surface area (Å²) in [5, 5.41) is 15.9. The molecule has 6 nitrogen and oxygen atoms in total. The van der Waals surface area contributed by atoms with Crippen LogP contribution in [0.15, 0.2) is 48.5 Å². The normalized spacial score (nSPS) is 18.4. The van der Waals surface area contributed by atoms with Crippen molar-refractivity contribution in [3.8, 4) is 5.69 Å². The van der Waals surface area contributed by atoms with Crippen LogP contribution in [0.1, 0.15) is 16.2 Å². The Bertz CT molecular complexity index is 946. The lowest BCUT2D eigenvalue weighted by Crippen LogP contribution is -2.34. The van der Waals surface area contributed by atoms with Gasteiger partial charge in [-0.3, -0.25) is 9.36 Å². The van der Waals surface area contributed by atoms with E-state index >= 15 is 0 Å². The topological polar surface area (TPSA) is 79.2 Å². The van der Waals surface area contributed by atoms with Crippen LogP contribution in [0.4, 0.5) is 0 Å². The van der Waals surface area contributed by atoms with Crippen molar-refractivity contribution in [2.45, 2.75) is 13.0 Å². The van der Waals surface area contributed by atoms with Gasteiger partial charge in [-0.25, -0.2) is 4.98 Å². The quantitative estimate of drug-likeness (QED) is 0.603. The number of rotatable bonds is 4. The Labute approximate surface area is 176 Å². The molecule has 1 aliphatic heterocycles. The summed E-state index contributed by atoms with van der Waals surface area (Å²) in [5.41, 5.74) is 3.39. The zero-order valence-electron chi connectivity index (χ0n) is 15.5. The number of aromatic nitrogens is 2. The number of amides is 1. The number of benzene rings is 2. The second-order valence-electron chi connectivity index (χ2n) is 6.73. The van der Waals surface area contributed by atoms with Gasteiger partial charge in [0.15, 0.2) is 0 Å². The number of nitrogens with one attached hydrogen (secondary N) is 2. The summed E-state index contributed by atoms with van der Waals surface area (Å²) in [5.74, 6) is 0.795. The molecule has 2 heterocycles. The molecule has 2 aromatic carbocycles. The minimum atomic E-state index is -0.401. The van der Waals surface area contributed by atoms with Crippen molar-refractivity contribution in [2.75, 3.05) is 19.6 Å². The van der Waals surface area contributed by atoms with Gasteiger partial charge in [0.1, 0.15) is 5.82 Å². The number of hydrogen-bond acceptors (Lipinski definition) is 4. The first kappa shape index (κ1) is 22.2. The van der Waals surface area contributed by atoms with Gasteiger partial charge in [-0.2, -0.15) is 0 Å².